The zero-order valence-corrected chi connectivity index (χ0v) is 10.3. The highest BCUT2D eigenvalue weighted by atomic mass is 16.3. The second-order valence-electron chi connectivity index (χ2n) is 4.71. The third-order valence-corrected chi connectivity index (χ3v) is 3.41. The molecule has 0 aromatic carbocycles. The molecule has 0 amide bonds. The summed E-state index contributed by atoms with van der Waals surface area (Å²) in [6.07, 6.45) is 4.54. The van der Waals surface area contributed by atoms with Crippen LogP contribution >= 0.6 is 0 Å². The molecule has 0 aromatic heterocycles. The van der Waals surface area contributed by atoms with E-state index in [1.54, 1.807) is 0 Å². The zero-order chi connectivity index (χ0) is 11.1. The minimum Gasteiger partial charge on any atom is -0.394 e. The highest BCUT2D eigenvalue weighted by molar-refractivity contribution is 4.92. The summed E-state index contributed by atoms with van der Waals surface area (Å²) < 4.78 is 0. The van der Waals surface area contributed by atoms with Gasteiger partial charge in [0.2, 0.25) is 0 Å². The number of aliphatic hydroxyl groups excluding tert-OH is 1. The molecule has 1 saturated heterocycles. The zero-order valence-electron chi connectivity index (χ0n) is 10.3. The topological polar surface area (TPSA) is 35.5 Å². The average molecular weight is 214 g/mol. The fourth-order valence-corrected chi connectivity index (χ4v) is 2.30. The van der Waals surface area contributed by atoms with Crippen LogP contribution in [-0.4, -0.2) is 48.3 Å². The van der Waals surface area contributed by atoms with Gasteiger partial charge in [-0.15, -0.1) is 0 Å². The van der Waals surface area contributed by atoms with Crippen LogP contribution in [0.25, 0.3) is 0 Å². The number of likely N-dealkylation sites (tertiary alicyclic amines) is 1. The highest BCUT2D eigenvalue weighted by Gasteiger charge is 2.32. The van der Waals surface area contributed by atoms with Crippen molar-refractivity contribution in [1.29, 1.82) is 0 Å². The lowest BCUT2D eigenvalue weighted by Gasteiger charge is -2.41. The maximum Gasteiger partial charge on any atom is 0.0614 e. The molecule has 90 valence electrons. The van der Waals surface area contributed by atoms with Crippen LogP contribution in [0.3, 0.4) is 0 Å². The molecule has 0 aromatic rings. The lowest BCUT2D eigenvalue weighted by Crippen LogP contribution is -2.56. The van der Waals surface area contributed by atoms with E-state index in [9.17, 15) is 5.11 Å². The molecule has 0 unspecified atom stereocenters. The second-order valence-corrected chi connectivity index (χ2v) is 4.71. The first-order chi connectivity index (χ1) is 7.26. The van der Waals surface area contributed by atoms with Crippen LogP contribution in [0.2, 0.25) is 0 Å². The molecule has 1 fully saturated rings. The molecule has 0 aliphatic carbocycles. The van der Waals surface area contributed by atoms with E-state index in [2.05, 4.69) is 24.1 Å². The summed E-state index contributed by atoms with van der Waals surface area (Å²) in [4.78, 5) is 2.50. The molecule has 0 radical (unpaired) electrons. The Hall–Kier alpha value is -0.120. The van der Waals surface area contributed by atoms with E-state index in [4.69, 9.17) is 0 Å². The van der Waals surface area contributed by atoms with Crippen molar-refractivity contribution in [3.63, 3.8) is 0 Å². The number of aliphatic hydroxyl groups is 1. The minimum atomic E-state index is 0.0141. The highest BCUT2D eigenvalue weighted by Crippen LogP contribution is 2.21. The quantitative estimate of drug-likeness (QED) is 0.698. The van der Waals surface area contributed by atoms with Gasteiger partial charge in [0.15, 0.2) is 0 Å². The van der Waals surface area contributed by atoms with E-state index in [0.29, 0.717) is 0 Å². The largest absolute Gasteiger partial charge is 0.394 e. The van der Waals surface area contributed by atoms with Crippen LogP contribution in [-0.2, 0) is 0 Å². The SMILES string of the molecule is CCCNC1(CO)CCN(CCC)CC1. The van der Waals surface area contributed by atoms with Gasteiger partial charge in [-0.05, 0) is 51.9 Å². The molecule has 1 heterocycles. The molecule has 0 spiro atoms. The van der Waals surface area contributed by atoms with Crippen molar-refractivity contribution >= 4 is 0 Å². The fraction of sp³-hybridized carbons (Fsp3) is 1.00. The molecule has 2 N–H and O–H groups in total. The molecule has 1 aliphatic rings. The van der Waals surface area contributed by atoms with Gasteiger partial charge in [-0.2, -0.15) is 0 Å². The van der Waals surface area contributed by atoms with E-state index in [0.717, 1.165) is 38.9 Å². The van der Waals surface area contributed by atoms with Crippen molar-refractivity contribution < 1.29 is 5.11 Å². The van der Waals surface area contributed by atoms with Gasteiger partial charge < -0.3 is 15.3 Å². The molecule has 0 saturated carbocycles. The Bertz CT molecular complexity index is 165. The van der Waals surface area contributed by atoms with Crippen molar-refractivity contribution in [2.24, 2.45) is 0 Å². The monoisotopic (exact) mass is 214 g/mol. The summed E-state index contributed by atoms with van der Waals surface area (Å²) in [5.41, 5.74) is 0.0141. The average Bonchev–Trinajstić information content (AvgIpc) is 2.29. The molecule has 1 aliphatic heterocycles. The van der Waals surface area contributed by atoms with Gasteiger partial charge in [0.1, 0.15) is 0 Å². The van der Waals surface area contributed by atoms with Crippen LogP contribution < -0.4 is 5.32 Å². The Morgan fingerprint density at radius 2 is 1.87 bits per heavy atom. The number of hydrogen-bond donors (Lipinski definition) is 2. The Morgan fingerprint density at radius 3 is 2.33 bits per heavy atom. The number of nitrogens with zero attached hydrogens (tertiary/aromatic N) is 1. The fourth-order valence-electron chi connectivity index (χ4n) is 2.30. The number of rotatable bonds is 6. The summed E-state index contributed by atoms with van der Waals surface area (Å²) in [6, 6.07) is 0. The van der Waals surface area contributed by atoms with E-state index < -0.39 is 0 Å². The van der Waals surface area contributed by atoms with Gasteiger partial charge in [0.25, 0.3) is 0 Å². The maximum atomic E-state index is 9.50. The summed E-state index contributed by atoms with van der Waals surface area (Å²) in [5, 5.41) is 13.0. The van der Waals surface area contributed by atoms with Gasteiger partial charge in [-0.3, -0.25) is 0 Å². The summed E-state index contributed by atoms with van der Waals surface area (Å²) in [5.74, 6) is 0. The Kier molecular flexibility index (Phi) is 5.58. The van der Waals surface area contributed by atoms with Crippen molar-refractivity contribution in [1.82, 2.24) is 10.2 Å². The second kappa shape index (κ2) is 6.46. The van der Waals surface area contributed by atoms with E-state index >= 15 is 0 Å². The Balaban J connectivity index is 2.36. The molecular weight excluding hydrogens is 188 g/mol. The summed E-state index contributed by atoms with van der Waals surface area (Å²) in [6.45, 7) is 9.17. The first-order valence-corrected chi connectivity index (χ1v) is 6.34. The van der Waals surface area contributed by atoms with Gasteiger partial charge in [0.05, 0.1) is 6.61 Å². The minimum absolute atomic E-state index is 0.0141. The lowest BCUT2D eigenvalue weighted by molar-refractivity contribution is 0.0790. The predicted octanol–water partition coefficient (Wildman–Crippen LogP) is 1.22. The van der Waals surface area contributed by atoms with Crippen molar-refractivity contribution in [3.05, 3.63) is 0 Å². The molecule has 1 rings (SSSR count). The van der Waals surface area contributed by atoms with Gasteiger partial charge in [-0.1, -0.05) is 13.8 Å². The normalized spacial score (nSPS) is 21.8. The van der Waals surface area contributed by atoms with E-state index in [1.807, 2.05) is 0 Å². The lowest BCUT2D eigenvalue weighted by atomic mass is 9.88. The van der Waals surface area contributed by atoms with E-state index in [1.165, 1.54) is 13.0 Å². The van der Waals surface area contributed by atoms with Crippen LogP contribution in [0, 0.1) is 0 Å². The van der Waals surface area contributed by atoms with E-state index in [-0.39, 0.29) is 12.1 Å². The molecule has 15 heavy (non-hydrogen) atoms. The van der Waals surface area contributed by atoms with Crippen LogP contribution in [0.15, 0.2) is 0 Å². The number of nitrogens with one attached hydrogen (secondary N) is 1. The van der Waals surface area contributed by atoms with Gasteiger partial charge in [0, 0.05) is 5.54 Å². The van der Waals surface area contributed by atoms with Crippen LogP contribution in [0.5, 0.6) is 0 Å². The van der Waals surface area contributed by atoms with Crippen LogP contribution in [0.4, 0.5) is 0 Å². The van der Waals surface area contributed by atoms with Crippen LogP contribution in [0.1, 0.15) is 39.5 Å². The Labute approximate surface area is 93.9 Å². The molecular formula is C12H26N2O. The smallest absolute Gasteiger partial charge is 0.0614 e. The summed E-state index contributed by atoms with van der Waals surface area (Å²) in [7, 11) is 0. The first kappa shape index (κ1) is 12.9. The third-order valence-electron chi connectivity index (χ3n) is 3.41. The number of piperidine rings is 1. The summed E-state index contributed by atoms with van der Waals surface area (Å²) >= 11 is 0. The predicted molar refractivity (Wildman–Crippen MR) is 64.1 cm³/mol. The van der Waals surface area contributed by atoms with Gasteiger partial charge in [-0.25, -0.2) is 0 Å². The van der Waals surface area contributed by atoms with Crippen molar-refractivity contribution in [2.45, 2.75) is 45.1 Å². The molecule has 0 atom stereocenters. The van der Waals surface area contributed by atoms with Crippen molar-refractivity contribution in [3.8, 4) is 0 Å². The third kappa shape index (κ3) is 3.74. The maximum absolute atomic E-state index is 9.50. The number of hydrogen-bond acceptors (Lipinski definition) is 3. The molecule has 3 nitrogen and oxygen atoms in total. The molecule has 0 bridgehead atoms. The standard InChI is InChI=1S/C12H26N2O/c1-3-7-13-12(11-15)5-9-14(8-4-2)10-6-12/h13,15H,3-11H2,1-2H3. The molecule has 3 heteroatoms. The first-order valence-electron chi connectivity index (χ1n) is 6.34. The van der Waals surface area contributed by atoms with Crippen molar-refractivity contribution in [2.75, 3.05) is 32.8 Å². The van der Waals surface area contributed by atoms with Gasteiger partial charge >= 0.3 is 0 Å². The Morgan fingerprint density at radius 1 is 1.20 bits per heavy atom.